The highest BCUT2D eigenvalue weighted by Gasteiger charge is 2.20. The molecule has 0 radical (unpaired) electrons. The Bertz CT molecular complexity index is 1230. The maximum absolute atomic E-state index is 12.7. The van der Waals surface area contributed by atoms with E-state index in [9.17, 15) is 18.0 Å². The molecule has 3 aromatic carbocycles. The van der Waals surface area contributed by atoms with E-state index in [4.69, 9.17) is 9.92 Å². The summed E-state index contributed by atoms with van der Waals surface area (Å²) in [5, 5.41) is 0. The molecule has 0 atom stereocenters. The van der Waals surface area contributed by atoms with Crippen LogP contribution in [0.15, 0.2) is 71.6 Å². The lowest BCUT2D eigenvalue weighted by molar-refractivity contribution is 0.0989. The molecule has 31 heavy (non-hydrogen) atoms. The number of carbonyl (C=O) groups is 2. The Hall–Kier alpha value is -3.65. The van der Waals surface area contributed by atoms with Crippen LogP contribution in [0, 0.1) is 13.8 Å². The lowest BCUT2D eigenvalue weighted by Crippen LogP contribution is -2.26. The van der Waals surface area contributed by atoms with Crippen molar-refractivity contribution >= 4 is 27.6 Å². The van der Waals surface area contributed by atoms with Gasteiger partial charge in [0.05, 0.1) is 0 Å². The topological polar surface area (TPSA) is 107 Å². The van der Waals surface area contributed by atoms with Gasteiger partial charge < -0.3 is 14.8 Å². The molecule has 8 heteroatoms. The van der Waals surface area contributed by atoms with Gasteiger partial charge in [0.1, 0.15) is 10.6 Å². The highest BCUT2D eigenvalue weighted by Crippen LogP contribution is 2.24. The van der Waals surface area contributed by atoms with Gasteiger partial charge in [-0.15, -0.1) is 0 Å². The van der Waals surface area contributed by atoms with Crippen LogP contribution >= 0.6 is 0 Å². The molecule has 0 spiro atoms. The van der Waals surface area contributed by atoms with Crippen LogP contribution < -0.4 is 14.8 Å². The molecule has 0 aromatic heterocycles. The van der Waals surface area contributed by atoms with E-state index in [1.54, 1.807) is 45.2 Å². The van der Waals surface area contributed by atoms with Gasteiger partial charge in [-0.05, 0) is 79.6 Å². The number of hydrogen-bond acceptors (Lipinski definition) is 5. The summed E-state index contributed by atoms with van der Waals surface area (Å²) in [7, 11) is -2.41. The molecule has 3 rings (SSSR count). The van der Waals surface area contributed by atoms with E-state index in [1.807, 2.05) is 6.07 Å². The van der Waals surface area contributed by atoms with Crippen molar-refractivity contribution in [2.24, 2.45) is 5.73 Å². The number of carbonyl (C=O) groups excluding carboxylic acids is 2. The Balaban J connectivity index is 1.77. The van der Waals surface area contributed by atoms with E-state index in [0.29, 0.717) is 22.4 Å². The first-order valence-electron chi connectivity index (χ1n) is 9.38. The predicted molar refractivity (Wildman–Crippen MR) is 118 cm³/mol. The van der Waals surface area contributed by atoms with Crippen LogP contribution in [-0.2, 0) is 10.1 Å². The third-order valence-electron chi connectivity index (χ3n) is 4.76. The van der Waals surface area contributed by atoms with Crippen molar-refractivity contribution in [3.8, 4) is 5.75 Å². The molecule has 0 bridgehead atoms. The Morgan fingerprint density at radius 3 is 2.03 bits per heavy atom. The molecular formula is C23H22N2O5S. The van der Waals surface area contributed by atoms with Crippen molar-refractivity contribution < 1.29 is 22.2 Å². The first kappa shape index (κ1) is 22.0. The van der Waals surface area contributed by atoms with Crippen LogP contribution in [0.25, 0.3) is 0 Å². The van der Waals surface area contributed by atoms with E-state index in [2.05, 4.69) is 0 Å². The maximum Gasteiger partial charge on any atom is 0.339 e. The molecule has 0 saturated carbocycles. The largest absolute Gasteiger partial charge is 0.379 e. The van der Waals surface area contributed by atoms with Crippen molar-refractivity contribution in [2.75, 3.05) is 11.9 Å². The molecule has 0 aliphatic carbocycles. The first-order valence-corrected chi connectivity index (χ1v) is 10.8. The molecule has 2 N–H and O–H groups in total. The number of primary amides is 1. The monoisotopic (exact) mass is 438 g/mol. The molecule has 0 aliphatic rings. The Morgan fingerprint density at radius 2 is 1.45 bits per heavy atom. The Kier molecular flexibility index (Phi) is 6.12. The normalized spacial score (nSPS) is 11.1. The van der Waals surface area contributed by atoms with Gasteiger partial charge in [-0.3, -0.25) is 9.59 Å². The molecule has 160 valence electrons. The third kappa shape index (κ3) is 4.92. The Labute approximate surface area is 181 Å². The standard InChI is InChI=1S/C23H22N2O5S/c1-15-4-5-16(2)21(14-15)31(28,29)30-20-12-8-18(9-13-20)23(27)25(3)19-10-6-17(7-11-19)22(24)26/h4-14H,1-3H3,(H2,24,26). The van der Waals surface area contributed by atoms with E-state index in [1.165, 1.54) is 41.3 Å². The molecule has 7 nitrogen and oxygen atoms in total. The minimum Gasteiger partial charge on any atom is -0.379 e. The number of rotatable bonds is 6. The van der Waals surface area contributed by atoms with Gasteiger partial charge in [-0.1, -0.05) is 12.1 Å². The summed E-state index contributed by atoms with van der Waals surface area (Å²) in [5.74, 6) is -0.756. The van der Waals surface area contributed by atoms with Gasteiger partial charge in [0.15, 0.2) is 0 Å². The molecule has 0 heterocycles. The van der Waals surface area contributed by atoms with Crippen LogP contribution in [0.4, 0.5) is 5.69 Å². The zero-order valence-corrected chi connectivity index (χ0v) is 18.1. The van der Waals surface area contributed by atoms with Gasteiger partial charge >= 0.3 is 10.1 Å². The first-order chi connectivity index (χ1) is 14.6. The summed E-state index contributed by atoms with van der Waals surface area (Å²) in [6.45, 7) is 3.50. The summed E-state index contributed by atoms with van der Waals surface area (Å²) < 4.78 is 30.5. The van der Waals surface area contributed by atoms with Crippen LogP contribution in [-0.4, -0.2) is 27.3 Å². The van der Waals surface area contributed by atoms with Crippen molar-refractivity contribution in [3.05, 3.63) is 89.0 Å². The van der Waals surface area contributed by atoms with Crippen molar-refractivity contribution in [3.63, 3.8) is 0 Å². The number of hydrogen-bond donors (Lipinski definition) is 1. The minimum atomic E-state index is -4.00. The lowest BCUT2D eigenvalue weighted by atomic mass is 10.1. The molecule has 3 aromatic rings. The summed E-state index contributed by atoms with van der Waals surface area (Å²) in [6, 6.07) is 17.3. The molecule has 0 aliphatic heterocycles. The van der Waals surface area contributed by atoms with Crippen LogP contribution in [0.5, 0.6) is 5.75 Å². The number of anilines is 1. The number of amides is 2. The number of nitrogens with zero attached hydrogens (tertiary/aromatic N) is 1. The van der Waals surface area contributed by atoms with E-state index in [0.717, 1.165) is 5.56 Å². The second kappa shape index (κ2) is 8.61. The Morgan fingerprint density at radius 1 is 0.871 bits per heavy atom. The lowest BCUT2D eigenvalue weighted by Gasteiger charge is -2.18. The second-order valence-electron chi connectivity index (χ2n) is 7.11. The van der Waals surface area contributed by atoms with Crippen molar-refractivity contribution in [1.29, 1.82) is 0 Å². The van der Waals surface area contributed by atoms with Gasteiger partial charge in [-0.2, -0.15) is 8.42 Å². The smallest absolute Gasteiger partial charge is 0.339 e. The average Bonchev–Trinajstić information content (AvgIpc) is 2.74. The summed E-state index contributed by atoms with van der Waals surface area (Å²) in [6.07, 6.45) is 0. The highest BCUT2D eigenvalue weighted by atomic mass is 32.2. The van der Waals surface area contributed by atoms with Crippen LogP contribution in [0.1, 0.15) is 31.8 Å². The maximum atomic E-state index is 12.7. The van der Waals surface area contributed by atoms with Crippen LogP contribution in [0.3, 0.4) is 0 Å². The third-order valence-corrected chi connectivity index (χ3v) is 6.15. The molecular weight excluding hydrogens is 416 g/mol. The predicted octanol–water partition coefficient (Wildman–Crippen LogP) is 3.45. The zero-order valence-electron chi connectivity index (χ0n) is 17.3. The number of benzene rings is 3. The highest BCUT2D eigenvalue weighted by molar-refractivity contribution is 7.87. The molecule has 0 unspecified atom stereocenters. The quantitative estimate of drug-likeness (QED) is 0.593. The average molecular weight is 439 g/mol. The second-order valence-corrected chi connectivity index (χ2v) is 8.62. The fourth-order valence-electron chi connectivity index (χ4n) is 2.96. The van der Waals surface area contributed by atoms with Gasteiger partial charge in [0, 0.05) is 23.9 Å². The van der Waals surface area contributed by atoms with E-state index < -0.39 is 16.0 Å². The summed E-state index contributed by atoms with van der Waals surface area (Å²) >= 11 is 0. The van der Waals surface area contributed by atoms with Crippen molar-refractivity contribution in [2.45, 2.75) is 18.7 Å². The van der Waals surface area contributed by atoms with E-state index in [-0.39, 0.29) is 16.6 Å². The van der Waals surface area contributed by atoms with Gasteiger partial charge in [0.2, 0.25) is 5.91 Å². The molecule has 0 fully saturated rings. The summed E-state index contributed by atoms with van der Waals surface area (Å²) in [4.78, 5) is 25.4. The SMILES string of the molecule is Cc1ccc(C)c(S(=O)(=O)Oc2ccc(C(=O)N(C)c3ccc(C(N)=O)cc3)cc2)c1. The molecule has 2 amide bonds. The zero-order chi connectivity index (χ0) is 22.8. The van der Waals surface area contributed by atoms with Crippen LogP contribution in [0.2, 0.25) is 0 Å². The number of nitrogens with two attached hydrogens (primary N) is 1. The summed E-state index contributed by atoms with van der Waals surface area (Å²) in [5.41, 5.74) is 7.88. The fraction of sp³-hybridized carbons (Fsp3) is 0.130. The van der Waals surface area contributed by atoms with Gasteiger partial charge in [-0.25, -0.2) is 0 Å². The fourth-order valence-corrected chi connectivity index (χ4v) is 4.21. The van der Waals surface area contributed by atoms with Crippen molar-refractivity contribution in [1.82, 2.24) is 0 Å². The van der Waals surface area contributed by atoms with E-state index >= 15 is 0 Å². The number of aryl methyl sites for hydroxylation is 2. The van der Waals surface area contributed by atoms with Gasteiger partial charge in [0.25, 0.3) is 5.91 Å². The minimum absolute atomic E-state index is 0.103. The molecule has 0 saturated heterocycles.